The van der Waals surface area contributed by atoms with Gasteiger partial charge in [0.25, 0.3) is 0 Å². The largest absolute Gasteiger partial charge is 0.368 e. The van der Waals surface area contributed by atoms with Gasteiger partial charge in [0, 0.05) is 19.2 Å². The zero-order valence-electron chi connectivity index (χ0n) is 13.3. The maximum Gasteiger partial charge on any atom is 0.239 e. The van der Waals surface area contributed by atoms with E-state index in [4.69, 9.17) is 5.73 Å². The van der Waals surface area contributed by atoms with Gasteiger partial charge in [-0.2, -0.15) is 5.10 Å². The van der Waals surface area contributed by atoms with E-state index >= 15 is 0 Å². The third-order valence-corrected chi connectivity index (χ3v) is 3.81. The van der Waals surface area contributed by atoms with Gasteiger partial charge >= 0.3 is 0 Å². The molecule has 5 heteroatoms. The Kier molecular flexibility index (Phi) is 5.03. The molecule has 3 rings (SSSR count). The first kappa shape index (κ1) is 16.0. The van der Waals surface area contributed by atoms with Crippen LogP contribution in [0.25, 0.3) is 5.69 Å². The van der Waals surface area contributed by atoms with Crippen LogP contribution in [0.15, 0.2) is 72.9 Å². The second-order valence-corrected chi connectivity index (χ2v) is 5.54. The molecular weight excluding hydrogens is 300 g/mol. The SMILES string of the molecule is NC(=O)[C@H](NCCc1ccn(-c2ccccc2)n1)c1ccccc1. The number of primary amides is 1. The lowest BCUT2D eigenvalue weighted by Gasteiger charge is -2.15. The molecule has 0 aliphatic rings. The zero-order chi connectivity index (χ0) is 16.8. The van der Waals surface area contributed by atoms with E-state index in [1.807, 2.05) is 77.6 Å². The van der Waals surface area contributed by atoms with E-state index in [0.29, 0.717) is 6.54 Å². The highest BCUT2D eigenvalue weighted by atomic mass is 16.1. The Balaban J connectivity index is 1.60. The van der Waals surface area contributed by atoms with Crippen molar-refractivity contribution in [3.8, 4) is 5.69 Å². The number of rotatable bonds is 7. The Morgan fingerprint density at radius 2 is 1.71 bits per heavy atom. The molecule has 0 unspecified atom stereocenters. The molecule has 1 aromatic heterocycles. The van der Waals surface area contributed by atoms with Gasteiger partial charge in [0.2, 0.25) is 5.91 Å². The summed E-state index contributed by atoms with van der Waals surface area (Å²) in [6.07, 6.45) is 2.66. The van der Waals surface area contributed by atoms with E-state index in [1.165, 1.54) is 0 Å². The topological polar surface area (TPSA) is 72.9 Å². The minimum absolute atomic E-state index is 0.379. The summed E-state index contributed by atoms with van der Waals surface area (Å²) >= 11 is 0. The van der Waals surface area contributed by atoms with Gasteiger partial charge < -0.3 is 11.1 Å². The fraction of sp³-hybridized carbons (Fsp3) is 0.158. The smallest absolute Gasteiger partial charge is 0.239 e. The Morgan fingerprint density at radius 3 is 2.38 bits per heavy atom. The summed E-state index contributed by atoms with van der Waals surface area (Å²) < 4.78 is 1.85. The number of hydrogen-bond donors (Lipinski definition) is 2. The standard InChI is InChI=1S/C19H20N4O/c20-19(24)18(15-7-3-1-4-8-15)21-13-11-16-12-14-23(22-16)17-9-5-2-6-10-17/h1-10,12,14,18,21H,11,13H2,(H2,20,24)/t18-/m1/s1. The number of hydrogen-bond acceptors (Lipinski definition) is 3. The normalized spacial score (nSPS) is 12.0. The molecule has 24 heavy (non-hydrogen) atoms. The second-order valence-electron chi connectivity index (χ2n) is 5.54. The van der Waals surface area contributed by atoms with Crippen LogP contribution in [-0.2, 0) is 11.2 Å². The van der Waals surface area contributed by atoms with Gasteiger partial charge in [-0.15, -0.1) is 0 Å². The molecule has 0 fully saturated rings. The van der Waals surface area contributed by atoms with E-state index in [-0.39, 0.29) is 5.91 Å². The van der Waals surface area contributed by atoms with Crippen molar-refractivity contribution in [2.45, 2.75) is 12.5 Å². The molecule has 0 aliphatic heterocycles. The molecule has 0 saturated carbocycles. The molecule has 1 amide bonds. The van der Waals surface area contributed by atoms with Gasteiger partial charge in [-0.1, -0.05) is 48.5 Å². The van der Waals surface area contributed by atoms with Crippen LogP contribution in [0, 0.1) is 0 Å². The van der Waals surface area contributed by atoms with E-state index in [1.54, 1.807) is 0 Å². The van der Waals surface area contributed by atoms with Crippen LogP contribution in [0.5, 0.6) is 0 Å². The molecule has 0 spiro atoms. The third-order valence-electron chi connectivity index (χ3n) is 3.81. The lowest BCUT2D eigenvalue weighted by atomic mass is 10.1. The van der Waals surface area contributed by atoms with Crippen molar-refractivity contribution in [3.63, 3.8) is 0 Å². The minimum atomic E-state index is -0.484. The van der Waals surface area contributed by atoms with Gasteiger partial charge in [0.05, 0.1) is 11.4 Å². The Bertz CT molecular complexity index is 783. The average molecular weight is 320 g/mol. The third kappa shape index (κ3) is 3.88. The summed E-state index contributed by atoms with van der Waals surface area (Å²) in [4.78, 5) is 11.7. The number of carbonyl (C=O) groups excluding carboxylic acids is 1. The van der Waals surface area contributed by atoms with E-state index in [9.17, 15) is 4.79 Å². The fourth-order valence-corrected chi connectivity index (χ4v) is 2.59. The van der Waals surface area contributed by atoms with E-state index in [2.05, 4.69) is 10.4 Å². The van der Waals surface area contributed by atoms with Crippen molar-refractivity contribution >= 4 is 5.91 Å². The van der Waals surface area contributed by atoms with Crippen LogP contribution in [0.3, 0.4) is 0 Å². The first-order valence-corrected chi connectivity index (χ1v) is 7.91. The molecule has 122 valence electrons. The van der Waals surface area contributed by atoms with Gasteiger partial charge in [-0.3, -0.25) is 4.79 Å². The van der Waals surface area contributed by atoms with Gasteiger partial charge in [-0.25, -0.2) is 4.68 Å². The monoisotopic (exact) mass is 320 g/mol. The van der Waals surface area contributed by atoms with Crippen molar-refractivity contribution in [1.29, 1.82) is 0 Å². The van der Waals surface area contributed by atoms with Crippen LogP contribution >= 0.6 is 0 Å². The quantitative estimate of drug-likeness (QED) is 0.701. The number of nitrogens with zero attached hydrogens (tertiary/aromatic N) is 2. The van der Waals surface area contributed by atoms with Crippen LogP contribution in [0.4, 0.5) is 0 Å². The minimum Gasteiger partial charge on any atom is -0.368 e. The summed E-state index contributed by atoms with van der Waals surface area (Å²) in [5.41, 5.74) is 8.37. The number of benzene rings is 2. The summed E-state index contributed by atoms with van der Waals surface area (Å²) in [5, 5.41) is 7.76. The predicted molar refractivity (Wildman–Crippen MR) is 93.6 cm³/mol. The maximum atomic E-state index is 11.7. The molecule has 0 saturated heterocycles. The van der Waals surface area contributed by atoms with Crippen molar-refractivity contribution in [2.75, 3.05) is 6.54 Å². The molecule has 3 aromatic rings. The highest BCUT2D eigenvalue weighted by Crippen LogP contribution is 2.12. The van der Waals surface area contributed by atoms with Crippen molar-refractivity contribution in [2.24, 2.45) is 5.73 Å². The van der Waals surface area contributed by atoms with Crippen LogP contribution in [0.1, 0.15) is 17.3 Å². The maximum absolute atomic E-state index is 11.7. The van der Waals surface area contributed by atoms with Crippen molar-refractivity contribution in [3.05, 3.63) is 84.2 Å². The summed E-state index contributed by atoms with van der Waals surface area (Å²) in [7, 11) is 0. The zero-order valence-corrected chi connectivity index (χ0v) is 13.3. The number of para-hydroxylation sites is 1. The Hall–Kier alpha value is -2.92. The van der Waals surface area contributed by atoms with Crippen LogP contribution < -0.4 is 11.1 Å². The van der Waals surface area contributed by atoms with E-state index in [0.717, 1.165) is 23.4 Å². The summed E-state index contributed by atoms with van der Waals surface area (Å²) in [6, 6.07) is 21.0. The lowest BCUT2D eigenvalue weighted by Crippen LogP contribution is -2.34. The highest BCUT2D eigenvalue weighted by Gasteiger charge is 2.16. The number of nitrogens with one attached hydrogen (secondary N) is 1. The van der Waals surface area contributed by atoms with Gasteiger partial charge in [-0.05, 0) is 23.8 Å². The first-order chi connectivity index (χ1) is 11.7. The molecule has 1 heterocycles. The number of carbonyl (C=O) groups is 1. The molecule has 0 bridgehead atoms. The van der Waals surface area contributed by atoms with Crippen molar-refractivity contribution in [1.82, 2.24) is 15.1 Å². The first-order valence-electron chi connectivity index (χ1n) is 7.91. The summed E-state index contributed by atoms with van der Waals surface area (Å²) in [6.45, 7) is 0.619. The number of aromatic nitrogens is 2. The van der Waals surface area contributed by atoms with Gasteiger partial charge in [0.1, 0.15) is 6.04 Å². The number of amides is 1. The molecule has 2 aromatic carbocycles. The fourth-order valence-electron chi connectivity index (χ4n) is 2.59. The van der Waals surface area contributed by atoms with Gasteiger partial charge in [0.15, 0.2) is 0 Å². The predicted octanol–water partition coefficient (Wildman–Crippen LogP) is 2.23. The Morgan fingerprint density at radius 1 is 1.04 bits per heavy atom. The molecule has 1 atom stereocenters. The van der Waals surface area contributed by atoms with Crippen molar-refractivity contribution < 1.29 is 4.79 Å². The molecular formula is C19H20N4O. The highest BCUT2D eigenvalue weighted by molar-refractivity contribution is 5.81. The average Bonchev–Trinajstić information content (AvgIpc) is 3.09. The summed E-state index contributed by atoms with van der Waals surface area (Å²) in [5.74, 6) is -0.379. The molecule has 0 radical (unpaired) electrons. The second kappa shape index (κ2) is 7.57. The van der Waals surface area contributed by atoms with Crippen LogP contribution in [-0.4, -0.2) is 22.2 Å². The number of nitrogens with two attached hydrogens (primary N) is 1. The van der Waals surface area contributed by atoms with E-state index < -0.39 is 6.04 Å². The molecule has 5 nitrogen and oxygen atoms in total. The molecule has 0 aliphatic carbocycles. The molecule has 3 N–H and O–H groups in total. The Labute approximate surface area is 141 Å². The lowest BCUT2D eigenvalue weighted by molar-refractivity contribution is -0.120. The van der Waals surface area contributed by atoms with Crippen LogP contribution in [0.2, 0.25) is 0 Å².